The van der Waals surface area contributed by atoms with Gasteiger partial charge in [-0.25, -0.2) is 4.39 Å². The predicted molar refractivity (Wildman–Crippen MR) is 109 cm³/mol. The molecule has 1 fully saturated rings. The van der Waals surface area contributed by atoms with Crippen LogP contribution in [0.5, 0.6) is 0 Å². The van der Waals surface area contributed by atoms with E-state index < -0.39 is 5.91 Å². The van der Waals surface area contributed by atoms with Crippen LogP contribution in [0.25, 0.3) is 0 Å². The predicted octanol–water partition coefficient (Wildman–Crippen LogP) is 4.56. The zero-order valence-corrected chi connectivity index (χ0v) is 16.7. The SMILES string of the molecule is O=C(Nc1ccc(F)cc1)c1nnc(C2CCCN2C(=O)c2ccc(Cl)cc2)s1. The molecule has 0 aliphatic carbocycles. The second-order valence-corrected chi connectivity index (χ2v) is 8.02. The summed E-state index contributed by atoms with van der Waals surface area (Å²) in [6.45, 7) is 0.614. The molecule has 1 saturated heterocycles. The summed E-state index contributed by atoms with van der Waals surface area (Å²) in [5, 5.41) is 12.2. The topological polar surface area (TPSA) is 75.2 Å². The fraction of sp³-hybridized carbons (Fsp3) is 0.200. The number of likely N-dealkylation sites (tertiary alicyclic amines) is 1. The zero-order chi connectivity index (χ0) is 20.4. The highest BCUT2D eigenvalue weighted by molar-refractivity contribution is 7.13. The maximum atomic E-state index is 13.0. The van der Waals surface area contributed by atoms with Crippen LogP contribution in [0.15, 0.2) is 48.5 Å². The number of amides is 2. The minimum Gasteiger partial charge on any atom is -0.329 e. The number of nitrogens with zero attached hydrogens (tertiary/aromatic N) is 3. The Kier molecular flexibility index (Phi) is 5.55. The van der Waals surface area contributed by atoms with Crippen LogP contribution in [0.2, 0.25) is 5.02 Å². The van der Waals surface area contributed by atoms with Gasteiger partial charge in [0.2, 0.25) is 5.01 Å². The molecule has 2 aromatic carbocycles. The zero-order valence-electron chi connectivity index (χ0n) is 15.1. The Balaban J connectivity index is 1.49. The molecule has 148 valence electrons. The Labute approximate surface area is 175 Å². The Morgan fingerprint density at radius 3 is 2.55 bits per heavy atom. The second kappa shape index (κ2) is 8.26. The van der Waals surface area contributed by atoms with Gasteiger partial charge in [-0.1, -0.05) is 22.9 Å². The Bertz CT molecular complexity index is 1040. The van der Waals surface area contributed by atoms with Crippen LogP contribution in [0, 0.1) is 5.82 Å². The van der Waals surface area contributed by atoms with E-state index >= 15 is 0 Å². The lowest BCUT2D eigenvalue weighted by molar-refractivity contribution is 0.0735. The fourth-order valence-corrected chi connectivity index (χ4v) is 4.22. The number of hydrogen-bond donors (Lipinski definition) is 1. The van der Waals surface area contributed by atoms with Gasteiger partial charge in [0.05, 0.1) is 6.04 Å². The first kappa shape index (κ1) is 19.5. The Hall–Kier alpha value is -2.84. The minimum absolute atomic E-state index is 0.100. The number of nitrogens with one attached hydrogen (secondary N) is 1. The molecule has 6 nitrogen and oxygen atoms in total. The minimum atomic E-state index is -0.422. The number of rotatable bonds is 4. The van der Waals surface area contributed by atoms with Gasteiger partial charge in [0.15, 0.2) is 0 Å². The highest BCUT2D eigenvalue weighted by Crippen LogP contribution is 2.35. The van der Waals surface area contributed by atoms with E-state index in [0.29, 0.717) is 27.8 Å². The van der Waals surface area contributed by atoms with Crippen LogP contribution in [-0.4, -0.2) is 33.5 Å². The molecule has 0 spiro atoms. The molecule has 2 amide bonds. The summed E-state index contributed by atoms with van der Waals surface area (Å²) in [4.78, 5) is 27.0. The van der Waals surface area contributed by atoms with E-state index in [0.717, 1.165) is 24.2 Å². The van der Waals surface area contributed by atoms with E-state index in [2.05, 4.69) is 15.5 Å². The van der Waals surface area contributed by atoms with Crippen molar-refractivity contribution in [2.75, 3.05) is 11.9 Å². The van der Waals surface area contributed by atoms with Gasteiger partial charge in [-0.2, -0.15) is 0 Å². The average Bonchev–Trinajstić information content (AvgIpc) is 3.39. The normalized spacial score (nSPS) is 16.1. The van der Waals surface area contributed by atoms with Crippen molar-refractivity contribution in [3.63, 3.8) is 0 Å². The average molecular weight is 431 g/mol. The molecule has 2 heterocycles. The highest BCUT2D eigenvalue weighted by Gasteiger charge is 2.33. The number of aromatic nitrogens is 2. The smallest absolute Gasteiger partial charge is 0.286 e. The summed E-state index contributed by atoms with van der Waals surface area (Å²) in [6, 6.07) is 12.0. The van der Waals surface area contributed by atoms with Crippen molar-refractivity contribution >= 4 is 40.4 Å². The molecule has 1 aliphatic rings. The van der Waals surface area contributed by atoms with Crippen LogP contribution < -0.4 is 5.32 Å². The van der Waals surface area contributed by atoms with E-state index in [-0.39, 0.29) is 22.8 Å². The molecule has 1 N–H and O–H groups in total. The highest BCUT2D eigenvalue weighted by atomic mass is 35.5. The summed E-state index contributed by atoms with van der Waals surface area (Å²) in [5.41, 5.74) is 1.02. The molecule has 0 bridgehead atoms. The first-order valence-electron chi connectivity index (χ1n) is 8.98. The van der Waals surface area contributed by atoms with E-state index in [1.807, 2.05) is 0 Å². The van der Waals surface area contributed by atoms with Crippen LogP contribution in [0.1, 0.15) is 44.1 Å². The first-order valence-corrected chi connectivity index (χ1v) is 10.2. The molecule has 3 aromatic rings. The van der Waals surface area contributed by atoms with Crippen LogP contribution in [0.4, 0.5) is 10.1 Å². The Morgan fingerprint density at radius 1 is 1.10 bits per heavy atom. The second-order valence-electron chi connectivity index (χ2n) is 6.57. The third kappa shape index (κ3) is 4.28. The van der Waals surface area contributed by atoms with Gasteiger partial charge >= 0.3 is 0 Å². The summed E-state index contributed by atoms with van der Waals surface area (Å²) in [6.07, 6.45) is 1.61. The van der Waals surface area contributed by atoms with Crippen LogP contribution in [-0.2, 0) is 0 Å². The molecule has 0 saturated carbocycles. The van der Waals surface area contributed by atoms with Crippen molar-refractivity contribution in [2.24, 2.45) is 0 Å². The van der Waals surface area contributed by atoms with Gasteiger partial charge in [-0.3, -0.25) is 9.59 Å². The van der Waals surface area contributed by atoms with E-state index in [1.54, 1.807) is 29.2 Å². The lowest BCUT2D eigenvalue weighted by Gasteiger charge is -2.22. The van der Waals surface area contributed by atoms with Crippen molar-refractivity contribution in [3.8, 4) is 0 Å². The van der Waals surface area contributed by atoms with E-state index in [4.69, 9.17) is 11.6 Å². The van der Waals surface area contributed by atoms with E-state index in [9.17, 15) is 14.0 Å². The van der Waals surface area contributed by atoms with Gasteiger partial charge in [-0.15, -0.1) is 10.2 Å². The van der Waals surface area contributed by atoms with Crippen molar-refractivity contribution in [3.05, 3.63) is 74.9 Å². The molecule has 1 atom stereocenters. The van der Waals surface area contributed by atoms with Crippen molar-refractivity contribution in [1.82, 2.24) is 15.1 Å². The van der Waals surface area contributed by atoms with E-state index in [1.165, 1.54) is 24.3 Å². The molecule has 9 heteroatoms. The number of carbonyl (C=O) groups excluding carboxylic acids is 2. The lowest BCUT2D eigenvalue weighted by atomic mass is 10.1. The summed E-state index contributed by atoms with van der Waals surface area (Å²) >= 11 is 7.06. The molecule has 1 aromatic heterocycles. The molecule has 1 unspecified atom stereocenters. The largest absolute Gasteiger partial charge is 0.329 e. The fourth-order valence-electron chi connectivity index (χ4n) is 3.20. The number of benzene rings is 2. The summed E-state index contributed by atoms with van der Waals surface area (Å²) in [5.74, 6) is -0.904. The standard InChI is InChI=1S/C20H16ClFN4O2S/c21-13-5-3-12(4-6-13)20(28)26-11-1-2-16(26)18-24-25-19(29-18)17(27)23-15-9-7-14(22)8-10-15/h3-10,16H,1-2,11H2,(H,23,27). The quantitative estimate of drug-likeness (QED) is 0.658. The number of hydrogen-bond acceptors (Lipinski definition) is 5. The third-order valence-electron chi connectivity index (χ3n) is 4.63. The van der Waals surface area contributed by atoms with Crippen LogP contribution in [0.3, 0.4) is 0 Å². The summed E-state index contributed by atoms with van der Waals surface area (Å²) < 4.78 is 13.0. The van der Waals surface area contributed by atoms with Gasteiger partial charge in [-0.05, 0) is 61.4 Å². The molecule has 29 heavy (non-hydrogen) atoms. The van der Waals surface area contributed by atoms with Crippen molar-refractivity contribution in [1.29, 1.82) is 0 Å². The van der Waals surface area contributed by atoms with Crippen molar-refractivity contribution < 1.29 is 14.0 Å². The van der Waals surface area contributed by atoms with Gasteiger partial charge in [0.25, 0.3) is 11.8 Å². The molecular weight excluding hydrogens is 415 g/mol. The van der Waals surface area contributed by atoms with Gasteiger partial charge < -0.3 is 10.2 Å². The third-order valence-corrected chi connectivity index (χ3v) is 5.90. The molecule has 4 rings (SSSR count). The number of halogens is 2. The first-order chi connectivity index (χ1) is 14.0. The Morgan fingerprint density at radius 2 is 1.83 bits per heavy atom. The number of carbonyl (C=O) groups is 2. The molecule has 0 radical (unpaired) electrons. The maximum Gasteiger partial charge on any atom is 0.286 e. The number of anilines is 1. The van der Waals surface area contributed by atoms with Gasteiger partial charge in [0.1, 0.15) is 10.8 Å². The monoisotopic (exact) mass is 430 g/mol. The summed E-state index contributed by atoms with van der Waals surface area (Å²) in [7, 11) is 0. The molecule has 1 aliphatic heterocycles. The molecular formula is C20H16ClFN4O2S. The van der Waals surface area contributed by atoms with Gasteiger partial charge in [0, 0.05) is 22.8 Å². The van der Waals surface area contributed by atoms with Crippen molar-refractivity contribution in [2.45, 2.75) is 18.9 Å². The lowest BCUT2D eigenvalue weighted by Crippen LogP contribution is -2.30. The maximum absolute atomic E-state index is 13.0. The van der Waals surface area contributed by atoms with Crippen LogP contribution >= 0.6 is 22.9 Å².